The molecule has 0 unspecified atom stereocenters. The SMILES string of the molecule is CCc1ccccc1Nc1ccnc(CO)n1. The fraction of sp³-hybridized carbons (Fsp3) is 0.231. The van der Waals surface area contributed by atoms with Crippen LogP contribution in [0, 0.1) is 0 Å². The third-order valence-corrected chi connectivity index (χ3v) is 2.51. The van der Waals surface area contributed by atoms with Gasteiger partial charge in [-0.15, -0.1) is 0 Å². The van der Waals surface area contributed by atoms with E-state index in [1.165, 1.54) is 5.56 Å². The highest BCUT2D eigenvalue weighted by atomic mass is 16.3. The molecule has 17 heavy (non-hydrogen) atoms. The Labute approximate surface area is 100 Å². The molecule has 1 aromatic heterocycles. The number of nitrogens with one attached hydrogen (secondary N) is 1. The van der Waals surface area contributed by atoms with Crippen molar-refractivity contribution in [2.24, 2.45) is 0 Å². The molecule has 2 rings (SSSR count). The van der Waals surface area contributed by atoms with Gasteiger partial charge in [0.05, 0.1) is 0 Å². The molecule has 4 nitrogen and oxygen atoms in total. The summed E-state index contributed by atoms with van der Waals surface area (Å²) in [6.07, 6.45) is 2.59. The van der Waals surface area contributed by atoms with Gasteiger partial charge < -0.3 is 10.4 Å². The number of aromatic nitrogens is 2. The molecular weight excluding hydrogens is 214 g/mol. The molecule has 0 aliphatic carbocycles. The molecule has 0 saturated carbocycles. The van der Waals surface area contributed by atoms with Crippen LogP contribution in [0.4, 0.5) is 11.5 Å². The van der Waals surface area contributed by atoms with Crippen LogP contribution >= 0.6 is 0 Å². The first-order valence-electron chi connectivity index (χ1n) is 5.61. The Kier molecular flexibility index (Phi) is 3.67. The molecule has 0 fully saturated rings. The number of aliphatic hydroxyl groups is 1. The largest absolute Gasteiger partial charge is 0.388 e. The number of aryl methyl sites for hydroxylation is 1. The molecule has 0 bridgehead atoms. The summed E-state index contributed by atoms with van der Waals surface area (Å²) >= 11 is 0. The number of hydrogen-bond acceptors (Lipinski definition) is 4. The average Bonchev–Trinajstić information content (AvgIpc) is 2.39. The topological polar surface area (TPSA) is 58.0 Å². The maximum Gasteiger partial charge on any atom is 0.156 e. The lowest BCUT2D eigenvalue weighted by Gasteiger charge is -2.10. The van der Waals surface area contributed by atoms with Crippen LogP contribution in [0.15, 0.2) is 36.5 Å². The number of benzene rings is 1. The van der Waals surface area contributed by atoms with Crippen LogP contribution < -0.4 is 5.32 Å². The van der Waals surface area contributed by atoms with E-state index in [4.69, 9.17) is 5.11 Å². The van der Waals surface area contributed by atoms with E-state index in [9.17, 15) is 0 Å². The first-order chi connectivity index (χ1) is 8.33. The summed E-state index contributed by atoms with van der Waals surface area (Å²) in [6.45, 7) is 1.96. The number of nitrogens with zero attached hydrogens (tertiary/aromatic N) is 2. The summed E-state index contributed by atoms with van der Waals surface area (Å²) in [5, 5.41) is 12.2. The fourth-order valence-electron chi connectivity index (χ4n) is 1.63. The van der Waals surface area contributed by atoms with E-state index in [1.807, 2.05) is 18.2 Å². The molecule has 0 aliphatic heterocycles. The van der Waals surface area contributed by atoms with Crippen molar-refractivity contribution in [1.82, 2.24) is 9.97 Å². The smallest absolute Gasteiger partial charge is 0.156 e. The van der Waals surface area contributed by atoms with Crippen molar-refractivity contribution >= 4 is 11.5 Å². The summed E-state index contributed by atoms with van der Waals surface area (Å²) in [7, 11) is 0. The van der Waals surface area contributed by atoms with Crippen molar-refractivity contribution in [2.45, 2.75) is 20.0 Å². The van der Waals surface area contributed by atoms with E-state index in [2.05, 4.69) is 28.3 Å². The van der Waals surface area contributed by atoms with Gasteiger partial charge in [-0.25, -0.2) is 9.97 Å². The van der Waals surface area contributed by atoms with Crippen LogP contribution in [-0.4, -0.2) is 15.1 Å². The molecular formula is C13H15N3O. The lowest BCUT2D eigenvalue weighted by atomic mass is 10.1. The molecule has 2 aromatic rings. The second kappa shape index (κ2) is 5.41. The van der Waals surface area contributed by atoms with Crippen LogP contribution in [0.2, 0.25) is 0 Å². The lowest BCUT2D eigenvalue weighted by Crippen LogP contribution is -2.01. The number of para-hydroxylation sites is 1. The zero-order chi connectivity index (χ0) is 12.1. The van der Waals surface area contributed by atoms with E-state index in [0.29, 0.717) is 11.6 Å². The van der Waals surface area contributed by atoms with Crippen LogP contribution in [0.25, 0.3) is 0 Å². The highest BCUT2D eigenvalue weighted by molar-refractivity contribution is 5.60. The van der Waals surface area contributed by atoms with E-state index in [1.54, 1.807) is 12.3 Å². The van der Waals surface area contributed by atoms with Gasteiger partial charge in [-0.3, -0.25) is 0 Å². The number of rotatable bonds is 4. The zero-order valence-electron chi connectivity index (χ0n) is 9.72. The molecule has 4 heteroatoms. The Hall–Kier alpha value is -1.94. The van der Waals surface area contributed by atoms with Crippen molar-refractivity contribution in [2.75, 3.05) is 5.32 Å². The second-order valence-corrected chi connectivity index (χ2v) is 3.65. The Morgan fingerprint density at radius 1 is 1.24 bits per heavy atom. The lowest BCUT2D eigenvalue weighted by molar-refractivity contribution is 0.271. The predicted octanol–water partition coefficient (Wildman–Crippen LogP) is 2.27. The van der Waals surface area contributed by atoms with Crippen LogP contribution in [0.5, 0.6) is 0 Å². The van der Waals surface area contributed by atoms with Gasteiger partial charge in [-0.05, 0) is 24.1 Å². The molecule has 0 spiro atoms. The Bertz CT molecular complexity index is 500. The van der Waals surface area contributed by atoms with Crippen molar-refractivity contribution in [1.29, 1.82) is 0 Å². The van der Waals surface area contributed by atoms with Gasteiger partial charge in [0.15, 0.2) is 5.82 Å². The minimum absolute atomic E-state index is 0.148. The van der Waals surface area contributed by atoms with Crippen molar-refractivity contribution in [3.05, 3.63) is 47.9 Å². The van der Waals surface area contributed by atoms with Gasteiger partial charge in [0.1, 0.15) is 12.4 Å². The average molecular weight is 229 g/mol. The van der Waals surface area contributed by atoms with E-state index >= 15 is 0 Å². The molecule has 0 saturated heterocycles. The van der Waals surface area contributed by atoms with Gasteiger partial charge >= 0.3 is 0 Å². The first-order valence-corrected chi connectivity index (χ1v) is 5.61. The standard InChI is InChI=1S/C13H15N3O/c1-2-10-5-3-4-6-11(10)15-12-7-8-14-13(9-17)16-12/h3-8,17H,2,9H2,1H3,(H,14,15,16). The van der Waals surface area contributed by atoms with Gasteiger partial charge in [-0.2, -0.15) is 0 Å². The molecule has 0 aliphatic rings. The molecule has 0 amide bonds. The summed E-state index contributed by atoms with van der Waals surface area (Å²) in [6, 6.07) is 9.88. The third kappa shape index (κ3) is 2.79. The molecule has 0 radical (unpaired) electrons. The molecule has 0 atom stereocenters. The van der Waals surface area contributed by atoms with Crippen LogP contribution in [0.1, 0.15) is 18.3 Å². The normalized spacial score (nSPS) is 10.2. The van der Waals surface area contributed by atoms with Crippen molar-refractivity contribution in [3.8, 4) is 0 Å². The fourth-order valence-corrected chi connectivity index (χ4v) is 1.63. The number of aliphatic hydroxyl groups excluding tert-OH is 1. The van der Waals surface area contributed by atoms with Gasteiger partial charge in [0.2, 0.25) is 0 Å². The molecule has 88 valence electrons. The molecule has 1 aromatic carbocycles. The van der Waals surface area contributed by atoms with Gasteiger partial charge in [0, 0.05) is 11.9 Å². The van der Waals surface area contributed by atoms with Crippen molar-refractivity contribution < 1.29 is 5.11 Å². The summed E-state index contributed by atoms with van der Waals surface area (Å²) < 4.78 is 0. The van der Waals surface area contributed by atoms with Gasteiger partial charge in [-0.1, -0.05) is 25.1 Å². The highest BCUT2D eigenvalue weighted by Crippen LogP contribution is 2.19. The Morgan fingerprint density at radius 3 is 2.82 bits per heavy atom. The summed E-state index contributed by atoms with van der Waals surface area (Å²) in [5.74, 6) is 1.12. The predicted molar refractivity (Wildman–Crippen MR) is 67.1 cm³/mol. The maximum absolute atomic E-state index is 8.98. The number of hydrogen-bond donors (Lipinski definition) is 2. The summed E-state index contributed by atoms with van der Waals surface area (Å²) in [4.78, 5) is 8.13. The monoisotopic (exact) mass is 229 g/mol. The van der Waals surface area contributed by atoms with Gasteiger partial charge in [0.25, 0.3) is 0 Å². The molecule has 1 heterocycles. The minimum atomic E-state index is -0.148. The summed E-state index contributed by atoms with van der Waals surface area (Å²) in [5.41, 5.74) is 2.27. The quantitative estimate of drug-likeness (QED) is 0.844. The zero-order valence-corrected chi connectivity index (χ0v) is 9.72. The van der Waals surface area contributed by atoms with Crippen molar-refractivity contribution in [3.63, 3.8) is 0 Å². The maximum atomic E-state index is 8.98. The molecule has 2 N–H and O–H groups in total. The van der Waals surface area contributed by atoms with E-state index in [0.717, 1.165) is 12.1 Å². The Balaban J connectivity index is 2.24. The van der Waals surface area contributed by atoms with E-state index < -0.39 is 0 Å². The van der Waals surface area contributed by atoms with Crippen LogP contribution in [0.3, 0.4) is 0 Å². The van der Waals surface area contributed by atoms with E-state index in [-0.39, 0.29) is 6.61 Å². The third-order valence-electron chi connectivity index (χ3n) is 2.51. The first kappa shape index (κ1) is 11.5. The minimum Gasteiger partial charge on any atom is -0.388 e. The Morgan fingerprint density at radius 2 is 2.06 bits per heavy atom. The van der Waals surface area contributed by atoms with Crippen LogP contribution in [-0.2, 0) is 13.0 Å². The second-order valence-electron chi connectivity index (χ2n) is 3.65. The highest BCUT2D eigenvalue weighted by Gasteiger charge is 2.02. The number of anilines is 2.